The third-order valence-electron chi connectivity index (χ3n) is 1.62. The molecule has 0 radical (unpaired) electrons. The summed E-state index contributed by atoms with van der Waals surface area (Å²) in [5, 5.41) is 12.9. The Kier molecular flexibility index (Phi) is 3.59. The zero-order valence-electron chi connectivity index (χ0n) is 7.57. The lowest BCUT2D eigenvalue weighted by molar-refractivity contribution is -0.384. The van der Waals surface area contributed by atoms with E-state index >= 15 is 0 Å². The van der Waals surface area contributed by atoms with Gasteiger partial charge in [-0.25, -0.2) is 0 Å². The standard InChI is InChI=1S/C8H8ClN3O3/c9-6-3-5(12(14)15)1-2-7(6)11-8(13)4-10/h1-3H,4,10H2,(H,11,13). The molecular weight excluding hydrogens is 222 g/mol. The fourth-order valence-electron chi connectivity index (χ4n) is 0.920. The average molecular weight is 230 g/mol. The summed E-state index contributed by atoms with van der Waals surface area (Å²) in [7, 11) is 0. The van der Waals surface area contributed by atoms with Crippen molar-refractivity contribution in [3.05, 3.63) is 33.3 Å². The molecule has 0 fully saturated rings. The van der Waals surface area contributed by atoms with Gasteiger partial charge in [-0.1, -0.05) is 11.6 Å². The van der Waals surface area contributed by atoms with Gasteiger partial charge >= 0.3 is 0 Å². The normalized spacial score (nSPS) is 9.73. The highest BCUT2D eigenvalue weighted by Crippen LogP contribution is 2.26. The van der Waals surface area contributed by atoms with E-state index in [9.17, 15) is 14.9 Å². The molecule has 0 aromatic heterocycles. The van der Waals surface area contributed by atoms with Crippen LogP contribution < -0.4 is 11.1 Å². The molecule has 0 unspecified atom stereocenters. The van der Waals surface area contributed by atoms with Crippen molar-refractivity contribution in [2.75, 3.05) is 11.9 Å². The minimum Gasteiger partial charge on any atom is -0.324 e. The number of nitrogens with two attached hydrogens (primary N) is 1. The summed E-state index contributed by atoms with van der Waals surface area (Å²) < 4.78 is 0. The number of amides is 1. The van der Waals surface area contributed by atoms with Crippen molar-refractivity contribution in [3.8, 4) is 0 Å². The van der Waals surface area contributed by atoms with Gasteiger partial charge in [-0.2, -0.15) is 0 Å². The van der Waals surface area contributed by atoms with Gasteiger partial charge in [0.25, 0.3) is 5.69 Å². The van der Waals surface area contributed by atoms with E-state index in [2.05, 4.69) is 5.32 Å². The van der Waals surface area contributed by atoms with Crippen LogP contribution in [0.1, 0.15) is 0 Å². The Morgan fingerprint density at radius 1 is 1.60 bits per heavy atom. The quantitative estimate of drug-likeness (QED) is 0.600. The highest BCUT2D eigenvalue weighted by Gasteiger charge is 2.10. The maximum absolute atomic E-state index is 10.9. The van der Waals surface area contributed by atoms with Crippen molar-refractivity contribution in [1.82, 2.24) is 0 Å². The van der Waals surface area contributed by atoms with Crippen molar-refractivity contribution in [1.29, 1.82) is 0 Å². The molecule has 1 amide bonds. The molecule has 0 aliphatic rings. The number of carbonyl (C=O) groups excluding carboxylic acids is 1. The zero-order valence-corrected chi connectivity index (χ0v) is 8.32. The number of hydrogen-bond acceptors (Lipinski definition) is 4. The molecule has 3 N–H and O–H groups in total. The average Bonchev–Trinajstić information content (AvgIpc) is 2.20. The maximum Gasteiger partial charge on any atom is 0.271 e. The minimum absolute atomic E-state index is 0.103. The van der Waals surface area contributed by atoms with Gasteiger partial charge in [0.05, 0.1) is 22.2 Å². The highest BCUT2D eigenvalue weighted by molar-refractivity contribution is 6.34. The van der Waals surface area contributed by atoms with Crippen LogP contribution >= 0.6 is 11.6 Å². The second-order valence-corrected chi connectivity index (χ2v) is 3.08. The van der Waals surface area contributed by atoms with Crippen molar-refractivity contribution in [3.63, 3.8) is 0 Å². The van der Waals surface area contributed by atoms with Crippen LogP contribution in [-0.4, -0.2) is 17.4 Å². The van der Waals surface area contributed by atoms with Crippen LogP contribution in [0.3, 0.4) is 0 Å². The predicted molar refractivity (Wildman–Crippen MR) is 55.8 cm³/mol. The number of nitro groups is 1. The Bertz CT molecular complexity index is 408. The maximum atomic E-state index is 10.9. The van der Waals surface area contributed by atoms with Crippen LogP contribution in [-0.2, 0) is 4.79 Å². The van der Waals surface area contributed by atoms with Crippen LogP contribution in [0.2, 0.25) is 5.02 Å². The Hall–Kier alpha value is -1.66. The summed E-state index contributed by atoms with van der Waals surface area (Å²) in [6.45, 7) is -0.173. The lowest BCUT2D eigenvalue weighted by Gasteiger charge is -2.04. The van der Waals surface area contributed by atoms with Crippen LogP contribution in [0.4, 0.5) is 11.4 Å². The largest absolute Gasteiger partial charge is 0.324 e. The number of rotatable bonds is 3. The van der Waals surface area contributed by atoms with E-state index in [1.807, 2.05) is 0 Å². The van der Waals surface area contributed by atoms with E-state index in [0.29, 0.717) is 5.69 Å². The summed E-state index contributed by atoms with van der Waals surface area (Å²) in [5.41, 5.74) is 5.25. The Morgan fingerprint density at radius 2 is 2.27 bits per heavy atom. The van der Waals surface area contributed by atoms with Crippen LogP contribution in [0.25, 0.3) is 0 Å². The molecule has 0 aliphatic carbocycles. The third kappa shape index (κ3) is 2.90. The molecule has 0 spiro atoms. The number of non-ortho nitro benzene ring substituents is 1. The van der Waals surface area contributed by atoms with E-state index < -0.39 is 10.8 Å². The second-order valence-electron chi connectivity index (χ2n) is 2.67. The molecule has 80 valence electrons. The molecule has 0 heterocycles. The highest BCUT2D eigenvalue weighted by atomic mass is 35.5. The SMILES string of the molecule is NCC(=O)Nc1ccc([N+](=O)[O-])cc1Cl. The lowest BCUT2D eigenvalue weighted by atomic mass is 10.3. The van der Waals surface area contributed by atoms with E-state index in [4.69, 9.17) is 17.3 Å². The van der Waals surface area contributed by atoms with Gasteiger partial charge < -0.3 is 11.1 Å². The number of anilines is 1. The number of halogens is 1. The van der Waals surface area contributed by atoms with E-state index in [1.165, 1.54) is 12.1 Å². The Labute approximate surface area is 90.2 Å². The first-order chi connectivity index (χ1) is 7.04. The Balaban J connectivity index is 2.93. The molecular formula is C8H8ClN3O3. The van der Waals surface area contributed by atoms with Crippen LogP contribution in [0.15, 0.2) is 18.2 Å². The molecule has 0 saturated carbocycles. The molecule has 1 rings (SSSR count). The predicted octanol–water partition coefficient (Wildman–Crippen LogP) is 1.15. The van der Waals surface area contributed by atoms with Crippen molar-refractivity contribution in [2.45, 2.75) is 0 Å². The van der Waals surface area contributed by atoms with Gasteiger partial charge in [-0.05, 0) is 6.07 Å². The monoisotopic (exact) mass is 229 g/mol. The van der Waals surface area contributed by atoms with Crippen LogP contribution in [0, 0.1) is 10.1 Å². The van der Waals surface area contributed by atoms with Crippen molar-refractivity contribution in [2.24, 2.45) is 5.73 Å². The first-order valence-electron chi connectivity index (χ1n) is 3.98. The van der Waals surface area contributed by atoms with Gasteiger partial charge in [0.2, 0.25) is 5.91 Å². The van der Waals surface area contributed by atoms with Gasteiger partial charge in [-0.15, -0.1) is 0 Å². The molecule has 1 aromatic carbocycles. The van der Waals surface area contributed by atoms with Gasteiger partial charge in [0.15, 0.2) is 0 Å². The summed E-state index contributed by atoms with van der Waals surface area (Å²) in [5.74, 6) is -0.411. The summed E-state index contributed by atoms with van der Waals surface area (Å²) in [4.78, 5) is 20.7. The lowest BCUT2D eigenvalue weighted by Crippen LogP contribution is -2.21. The number of nitrogens with zero attached hydrogens (tertiary/aromatic N) is 1. The summed E-state index contributed by atoms with van der Waals surface area (Å²) >= 11 is 5.71. The molecule has 7 heteroatoms. The fourth-order valence-corrected chi connectivity index (χ4v) is 1.14. The number of nitro benzene ring substituents is 1. The van der Waals surface area contributed by atoms with E-state index in [1.54, 1.807) is 0 Å². The fraction of sp³-hybridized carbons (Fsp3) is 0.125. The molecule has 6 nitrogen and oxygen atoms in total. The number of hydrogen-bond donors (Lipinski definition) is 2. The summed E-state index contributed by atoms with van der Waals surface area (Å²) in [6.07, 6.45) is 0. The number of nitrogens with one attached hydrogen (secondary N) is 1. The van der Waals surface area contributed by atoms with Gasteiger partial charge in [0.1, 0.15) is 0 Å². The molecule has 0 aliphatic heterocycles. The van der Waals surface area contributed by atoms with Crippen molar-refractivity contribution < 1.29 is 9.72 Å². The third-order valence-corrected chi connectivity index (χ3v) is 1.94. The molecule has 1 aromatic rings. The van der Waals surface area contributed by atoms with Crippen LogP contribution in [0.5, 0.6) is 0 Å². The first kappa shape index (κ1) is 11.4. The number of benzene rings is 1. The Morgan fingerprint density at radius 3 is 2.73 bits per heavy atom. The molecule has 0 saturated heterocycles. The summed E-state index contributed by atoms with van der Waals surface area (Å²) in [6, 6.07) is 3.76. The first-order valence-corrected chi connectivity index (χ1v) is 4.36. The molecule has 15 heavy (non-hydrogen) atoms. The number of carbonyl (C=O) groups is 1. The van der Waals surface area contributed by atoms with Gasteiger partial charge in [-0.3, -0.25) is 14.9 Å². The second kappa shape index (κ2) is 4.72. The van der Waals surface area contributed by atoms with E-state index in [0.717, 1.165) is 6.07 Å². The molecule has 0 atom stereocenters. The zero-order chi connectivity index (χ0) is 11.4. The minimum atomic E-state index is -0.569. The smallest absolute Gasteiger partial charge is 0.271 e. The van der Waals surface area contributed by atoms with E-state index in [-0.39, 0.29) is 17.3 Å². The molecule has 0 bridgehead atoms. The van der Waals surface area contributed by atoms with Crippen molar-refractivity contribution >= 4 is 28.9 Å². The topological polar surface area (TPSA) is 98.3 Å². The van der Waals surface area contributed by atoms with Gasteiger partial charge in [0, 0.05) is 12.1 Å².